The molecule has 0 atom stereocenters. The molecular formula is C14H22FN3. The Morgan fingerprint density at radius 2 is 2.22 bits per heavy atom. The summed E-state index contributed by atoms with van der Waals surface area (Å²) in [4.78, 5) is 6.05. The summed E-state index contributed by atoms with van der Waals surface area (Å²) in [5.41, 5.74) is 1.65. The Morgan fingerprint density at radius 3 is 2.78 bits per heavy atom. The highest BCUT2D eigenvalue weighted by Crippen LogP contribution is 2.20. The Bertz CT molecular complexity index is 404. The Morgan fingerprint density at radius 1 is 1.50 bits per heavy atom. The number of hydrogen-bond donors (Lipinski definition) is 1. The van der Waals surface area contributed by atoms with Crippen LogP contribution >= 0.6 is 0 Å². The number of nitrogens with one attached hydrogen (secondary N) is 1. The highest BCUT2D eigenvalue weighted by atomic mass is 19.1. The highest BCUT2D eigenvalue weighted by molar-refractivity contribution is 5.44. The van der Waals surface area contributed by atoms with E-state index in [0.29, 0.717) is 31.0 Å². The van der Waals surface area contributed by atoms with Crippen molar-refractivity contribution in [1.29, 1.82) is 0 Å². The van der Waals surface area contributed by atoms with Gasteiger partial charge in [0.05, 0.1) is 0 Å². The Balaban J connectivity index is 2.96. The maximum absolute atomic E-state index is 14.3. The van der Waals surface area contributed by atoms with Crippen molar-refractivity contribution in [3.63, 3.8) is 0 Å². The number of likely N-dealkylation sites (N-methyl/N-ethyl adjacent to an activating group) is 1. The van der Waals surface area contributed by atoms with Crippen molar-refractivity contribution in [2.24, 2.45) is 0 Å². The molecule has 1 aromatic rings. The molecule has 0 saturated carbocycles. The molecule has 0 amide bonds. The molecule has 100 valence electrons. The van der Waals surface area contributed by atoms with E-state index in [1.165, 1.54) is 0 Å². The molecular weight excluding hydrogens is 229 g/mol. The average Bonchev–Trinajstić information content (AvgIpc) is 2.35. The summed E-state index contributed by atoms with van der Waals surface area (Å²) < 4.78 is 14.3. The number of hydrogen-bond acceptors (Lipinski definition) is 3. The molecule has 1 heterocycles. The first-order valence-corrected chi connectivity index (χ1v) is 6.33. The van der Waals surface area contributed by atoms with Crippen LogP contribution in [0.15, 0.2) is 24.4 Å². The minimum Gasteiger partial charge on any atom is -0.350 e. The van der Waals surface area contributed by atoms with Gasteiger partial charge in [-0.2, -0.15) is 0 Å². The molecule has 0 bridgehead atoms. The zero-order valence-electron chi connectivity index (χ0n) is 11.5. The van der Waals surface area contributed by atoms with Gasteiger partial charge < -0.3 is 10.2 Å². The van der Waals surface area contributed by atoms with Gasteiger partial charge in [-0.15, -0.1) is 0 Å². The maximum Gasteiger partial charge on any atom is 0.170 e. The van der Waals surface area contributed by atoms with E-state index in [2.05, 4.69) is 16.9 Å². The molecule has 1 N–H and O–H groups in total. The summed E-state index contributed by atoms with van der Waals surface area (Å²) in [5, 5.41) is 3.13. The Labute approximate surface area is 109 Å². The number of pyridine rings is 1. The van der Waals surface area contributed by atoms with Gasteiger partial charge in [0.25, 0.3) is 0 Å². The van der Waals surface area contributed by atoms with Gasteiger partial charge in [-0.05, 0) is 26.5 Å². The SMILES string of the molecule is C=C(C)CN(CC)c1nccc(CNCC)c1F. The van der Waals surface area contributed by atoms with Crippen LogP contribution in [0.25, 0.3) is 0 Å². The molecule has 0 saturated heterocycles. The van der Waals surface area contributed by atoms with Gasteiger partial charge >= 0.3 is 0 Å². The first-order chi connectivity index (χ1) is 8.60. The fourth-order valence-corrected chi connectivity index (χ4v) is 1.75. The van der Waals surface area contributed by atoms with Gasteiger partial charge in [-0.1, -0.05) is 19.1 Å². The zero-order valence-corrected chi connectivity index (χ0v) is 11.5. The predicted octanol–water partition coefficient (Wildman–Crippen LogP) is 2.73. The van der Waals surface area contributed by atoms with Crippen molar-refractivity contribution in [2.75, 3.05) is 24.5 Å². The molecule has 0 aliphatic heterocycles. The topological polar surface area (TPSA) is 28.2 Å². The van der Waals surface area contributed by atoms with E-state index in [9.17, 15) is 4.39 Å². The summed E-state index contributed by atoms with van der Waals surface area (Å²) in [7, 11) is 0. The Hall–Kier alpha value is -1.42. The van der Waals surface area contributed by atoms with Crippen LogP contribution in [0.3, 0.4) is 0 Å². The zero-order chi connectivity index (χ0) is 13.5. The first-order valence-electron chi connectivity index (χ1n) is 6.33. The fourth-order valence-electron chi connectivity index (χ4n) is 1.75. The monoisotopic (exact) mass is 251 g/mol. The highest BCUT2D eigenvalue weighted by Gasteiger charge is 2.14. The summed E-state index contributed by atoms with van der Waals surface area (Å²) in [6, 6.07) is 1.72. The summed E-state index contributed by atoms with van der Waals surface area (Å²) in [6.45, 7) is 12.5. The van der Waals surface area contributed by atoms with E-state index in [4.69, 9.17) is 0 Å². The van der Waals surface area contributed by atoms with E-state index in [1.54, 1.807) is 12.3 Å². The lowest BCUT2D eigenvalue weighted by atomic mass is 10.2. The van der Waals surface area contributed by atoms with Crippen molar-refractivity contribution >= 4 is 5.82 Å². The molecule has 0 aliphatic carbocycles. The smallest absolute Gasteiger partial charge is 0.170 e. The normalized spacial score (nSPS) is 10.4. The lowest BCUT2D eigenvalue weighted by Gasteiger charge is -2.23. The predicted molar refractivity (Wildman–Crippen MR) is 74.3 cm³/mol. The molecule has 0 spiro atoms. The number of halogens is 1. The number of rotatable bonds is 7. The lowest BCUT2D eigenvalue weighted by Crippen LogP contribution is -2.27. The Kier molecular flexibility index (Phi) is 5.78. The van der Waals surface area contributed by atoms with Crippen LogP contribution in [0.2, 0.25) is 0 Å². The summed E-state index contributed by atoms with van der Waals surface area (Å²) in [5.74, 6) is 0.178. The summed E-state index contributed by atoms with van der Waals surface area (Å²) in [6.07, 6.45) is 1.66. The van der Waals surface area contributed by atoms with Crippen LogP contribution in [0.4, 0.5) is 10.2 Å². The number of aromatic nitrogens is 1. The molecule has 0 aromatic carbocycles. The molecule has 1 rings (SSSR count). The van der Waals surface area contributed by atoms with Crippen LogP contribution in [-0.2, 0) is 6.54 Å². The van der Waals surface area contributed by atoms with Crippen LogP contribution in [0.1, 0.15) is 26.3 Å². The van der Waals surface area contributed by atoms with Crippen LogP contribution in [-0.4, -0.2) is 24.6 Å². The molecule has 0 aliphatic rings. The third-order valence-electron chi connectivity index (χ3n) is 2.66. The van der Waals surface area contributed by atoms with E-state index < -0.39 is 0 Å². The largest absolute Gasteiger partial charge is 0.350 e. The van der Waals surface area contributed by atoms with Gasteiger partial charge in [0, 0.05) is 31.4 Å². The number of anilines is 1. The molecule has 4 heteroatoms. The second kappa shape index (κ2) is 7.11. The number of nitrogens with zero attached hydrogens (tertiary/aromatic N) is 2. The van der Waals surface area contributed by atoms with Crippen molar-refractivity contribution in [3.05, 3.63) is 35.8 Å². The van der Waals surface area contributed by atoms with Gasteiger partial charge in [0.1, 0.15) is 0 Å². The summed E-state index contributed by atoms with van der Waals surface area (Å²) >= 11 is 0. The molecule has 0 unspecified atom stereocenters. The molecule has 18 heavy (non-hydrogen) atoms. The second-order valence-corrected chi connectivity index (χ2v) is 4.36. The van der Waals surface area contributed by atoms with E-state index in [0.717, 1.165) is 12.1 Å². The van der Waals surface area contributed by atoms with E-state index >= 15 is 0 Å². The van der Waals surface area contributed by atoms with Crippen LogP contribution in [0.5, 0.6) is 0 Å². The molecule has 3 nitrogen and oxygen atoms in total. The van der Waals surface area contributed by atoms with Gasteiger partial charge in [-0.3, -0.25) is 0 Å². The van der Waals surface area contributed by atoms with Crippen LogP contribution in [0, 0.1) is 5.82 Å². The standard InChI is InChI=1S/C14H22FN3/c1-5-16-9-12-7-8-17-14(13(12)15)18(6-2)10-11(3)4/h7-8,16H,3,5-6,9-10H2,1-2,4H3. The van der Waals surface area contributed by atoms with E-state index in [-0.39, 0.29) is 5.82 Å². The quantitative estimate of drug-likeness (QED) is 0.755. The van der Waals surface area contributed by atoms with Crippen LogP contribution < -0.4 is 10.2 Å². The van der Waals surface area contributed by atoms with Crippen molar-refractivity contribution in [2.45, 2.75) is 27.3 Å². The molecule has 0 fully saturated rings. The minimum atomic E-state index is -0.235. The second-order valence-electron chi connectivity index (χ2n) is 4.36. The van der Waals surface area contributed by atoms with Gasteiger partial charge in [-0.25, -0.2) is 9.37 Å². The molecule has 1 aromatic heterocycles. The fraction of sp³-hybridized carbons (Fsp3) is 0.500. The average molecular weight is 251 g/mol. The van der Waals surface area contributed by atoms with Crippen molar-refractivity contribution in [3.8, 4) is 0 Å². The third-order valence-corrected chi connectivity index (χ3v) is 2.66. The lowest BCUT2D eigenvalue weighted by molar-refractivity contribution is 0.582. The third kappa shape index (κ3) is 3.81. The van der Waals surface area contributed by atoms with Crippen molar-refractivity contribution < 1.29 is 4.39 Å². The van der Waals surface area contributed by atoms with Gasteiger partial charge in [0.15, 0.2) is 11.6 Å². The minimum absolute atomic E-state index is 0.235. The van der Waals surface area contributed by atoms with Gasteiger partial charge in [0.2, 0.25) is 0 Å². The maximum atomic E-state index is 14.3. The molecule has 0 radical (unpaired) electrons. The van der Waals surface area contributed by atoms with Crippen molar-refractivity contribution in [1.82, 2.24) is 10.3 Å². The first kappa shape index (κ1) is 14.6. The van der Waals surface area contributed by atoms with E-state index in [1.807, 2.05) is 25.7 Å².